The van der Waals surface area contributed by atoms with E-state index >= 15 is 0 Å². The van der Waals surface area contributed by atoms with Crippen LogP contribution in [0.25, 0.3) is 0 Å². The van der Waals surface area contributed by atoms with E-state index < -0.39 is 5.41 Å². The number of amides is 2. The number of nitrogens with one attached hydrogen (secondary N) is 2. The summed E-state index contributed by atoms with van der Waals surface area (Å²) in [6, 6.07) is 0. The molecule has 0 spiro atoms. The molecule has 0 unspecified atom stereocenters. The van der Waals surface area contributed by atoms with Crippen molar-refractivity contribution >= 4 is 11.8 Å². The lowest BCUT2D eigenvalue weighted by molar-refractivity contribution is -0.128. The highest BCUT2D eigenvalue weighted by molar-refractivity contribution is 5.82. The van der Waals surface area contributed by atoms with Crippen LogP contribution in [0, 0.1) is 5.41 Å². The van der Waals surface area contributed by atoms with Crippen molar-refractivity contribution in [2.24, 2.45) is 5.41 Å². The molecule has 21 heavy (non-hydrogen) atoms. The highest BCUT2D eigenvalue weighted by atomic mass is 16.5. The summed E-state index contributed by atoms with van der Waals surface area (Å²) in [5.74, 6) is -0.0335. The molecule has 1 aliphatic rings. The molecule has 2 amide bonds. The minimum absolute atomic E-state index is 0.00816. The van der Waals surface area contributed by atoms with E-state index in [1.165, 1.54) is 0 Å². The Morgan fingerprint density at radius 1 is 1.10 bits per heavy atom. The quantitative estimate of drug-likeness (QED) is 0.667. The van der Waals surface area contributed by atoms with Gasteiger partial charge < -0.3 is 15.4 Å². The molecule has 0 saturated carbocycles. The standard InChI is InChI=1S/C15H29N3O3/c1-15(2,3)14(20)17-7-5-13(19)16-6-4-8-18-9-11-21-12-10-18/h4-12H2,1-3H3,(H,16,19)(H,17,20). The number of rotatable bonds is 7. The van der Waals surface area contributed by atoms with Crippen LogP contribution < -0.4 is 10.6 Å². The number of nitrogens with zero attached hydrogens (tertiary/aromatic N) is 1. The van der Waals surface area contributed by atoms with Crippen LogP contribution in [0.15, 0.2) is 0 Å². The lowest BCUT2D eigenvalue weighted by Crippen LogP contribution is -2.39. The topological polar surface area (TPSA) is 70.7 Å². The molecule has 1 aliphatic heterocycles. The van der Waals surface area contributed by atoms with Gasteiger partial charge in [-0.1, -0.05) is 20.8 Å². The van der Waals surface area contributed by atoms with Crippen LogP contribution in [0.4, 0.5) is 0 Å². The molecular weight excluding hydrogens is 270 g/mol. The normalized spacial score (nSPS) is 16.5. The highest BCUT2D eigenvalue weighted by Gasteiger charge is 2.20. The van der Waals surface area contributed by atoms with Gasteiger partial charge in [0.25, 0.3) is 0 Å². The molecule has 1 heterocycles. The SMILES string of the molecule is CC(C)(C)C(=O)NCCC(=O)NCCCN1CCOCC1. The fourth-order valence-electron chi connectivity index (χ4n) is 2.00. The minimum Gasteiger partial charge on any atom is -0.379 e. The summed E-state index contributed by atoms with van der Waals surface area (Å²) in [5, 5.41) is 5.66. The molecule has 0 aromatic heterocycles. The zero-order chi connectivity index (χ0) is 15.7. The van der Waals surface area contributed by atoms with Crippen LogP contribution in [0.5, 0.6) is 0 Å². The van der Waals surface area contributed by atoms with Crippen LogP contribution in [-0.4, -0.2) is 62.7 Å². The van der Waals surface area contributed by atoms with E-state index in [9.17, 15) is 9.59 Å². The van der Waals surface area contributed by atoms with Gasteiger partial charge in [0, 0.05) is 38.0 Å². The number of ether oxygens (including phenoxy) is 1. The fourth-order valence-corrected chi connectivity index (χ4v) is 2.00. The Morgan fingerprint density at radius 2 is 1.76 bits per heavy atom. The molecule has 0 aromatic rings. The summed E-state index contributed by atoms with van der Waals surface area (Å²) >= 11 is 0. The lowest BCUT2D eigenvalue weighted by atomic mass is 9.96. The van der Waals surface area contributed by atoms with E-state index in [-0.39, 0.29) is 11.8 Å². The number of carbonyl (C=O) groups is 2. The van der Waals surface area contributed by atoms with Gasteiger partial charge in [-0.05, 0) is 13.0 Å². The molecule has 0 bridgehead atoms. The summed E-state index contributed by atoms with van der Waals surface area (Å²) in [6.07, 6.45) is 1.28. The minimum atomic E-state index is -0.408. The second-order valence-electron chi connectivity index (χ2n) is 6.41. The average Bonchev–Trinajstić information content (AvgIpc) is 2.43. The molecule has 2 N–H and O–H groups in total. The van der Waals surface area contributed by atoms with Crippen LogP contribution in [0.3, 0.4) is 0 Å². The molecule has 6 heteroatoms. The van der Waals surface area contributed by atoms with E-state index in [4.69, 9.17) is 4.74 Å². The lowest BCUT2D eigenvalue weighted by Gasteiger charge is -2.26. The van der Waals surface area contributed by atoms with E-state index in [2.05, 4.69) is 15.5 Å². The first-order chi connectivity index (χ1) is 9.89. The predicted molar refractivity (Wildman–Crippen MR) is 82.0 cm³/mol. The summed E-state index contributed by atoms with van der Waals surface area (Å²) in [6.45, 7) is 11.2. The van der Waals surface area contributed by atoms with Crippen molar-refractivity contribution in [1.82, 2.24) is 15.5 Å². The highest BCUT2D eigenvalue weighted by Crippen LogP contribution is 2.11. The third kappa shape index (κ3) is 8.02. The molecule has 1 rings (SSSR count). The predicted octanol–water partition coefficient (Wildman–Crippen LogP) is 0.377. The van der Waals surface area contributed by atoms with Gasteiger partial charge in [0.2, 0.25) is 11.8 Å². The van der Waals surface area contributed by atoms with Gasteiger partial charge in [-0.25, -0.2) is 0 Å². The summed E-state index contributed by atoms with van der Waals surface area (Å²) < 4.78 is 5.29. The van der Waals surface area contributed by atoms with E-state index in [1.54, 1.807) is 0 Å². The van der Waals surface area contributed by atoms with Crippen LogP contribution in [0.2, 0.25) is 0 Å². The zero-order valence-corrected chi connectivity index (χ0v) is 13.5. The van der Waals surface area contributed by atoms with Crippen molar-refractivity contribution in [3.05, 3.63) is 0 Å². The third-order valence-electron chi connectivity index (χ3n) is 3.40. The molecule has 1 fully saturated rings. The zero-order valence-electron chi connectivity index (χ0n) is 13.5. The van der Waals surface area contributed by atoms with E-state index in [0.717, 1.165) is 39.3 Å². The molecule has 1 saturated heterocycles. The Morgan fingerprint density at radius 3 is 2.38 bits per heavy atom. The molecule has 0 aromatic carbocycles. The molecule has 122 valence electrons. The van der Waals surface area contributed by atoms with Crippen LogP contribution in [0.1, 0.15) is 33.6 Å². The Bertz CT molecular complexity index is 334. The monoisotopic (exact) mass is 299 g/mol. The van der Waals surface area contributed by atoms with Crippen molar-refractivity contribution in [2.45, 2.75) is 33.6 Å². The Labute approximate surface area is 127 Å². The molecule has 0 atom stereocenters. The van der Waals surface area contributed by atoms with Crippen molar-refractivity contribution in [1.29, 1.82) is 0 Å². The van der Waals surface area contributed by atoms with Gasteiger partial charge in [-0.15, -0.1) is 0 Å². The van der Waals surface area contributed by atoms with Crippen LogP contribution in [-0.2, 0) is 14.3 Å². The van der Waals surface area contributed by atoms with Gasteiger partial charge >= 0.3 is 0 Å². The number of hydrogen-bond acceptors (Lipinski definition) is 4. The number of morpholine rings is 1. The van der Waals surface area contributed by atoms with Crippen molar-refractivity contribution < 1.29 is 14.3 Å². The van der Waals surface area contributed by atoms with Crippen molar-refractivity contribution in [3.63, 3.8) is 0 Å². The molecule has 0 aliphatic carbocycles. The molecular formula is C15H29N3O3. The Kier molecular flexibility index (Phi) is 7.67. The second-order valence-corrected chi connectivity index (χ2v) is 6.41. The van der Waals surface area contributed by atoms with Crippen molar-refractivity contribution in [2.75, 3.05) is 45.9 Å². The van der Waals surface area contributed by atoms with Gasteiger partial charge in [-0.3, -0.25) is 14.5 Å². The molecule has 6 nitrogen and oxygen atoms in total. The van der Waals surface area contributed by atoms with Crippen LogP contribution >= 0.6 is 0 Å². The molecule has 0 radical (unpaired) electrons. The summed E-state index contributed by atoms with van der Waals surface area (Å²) in [5.41, 5.74) is -0.408. The van der Waals surface area contributed by atoms with Gasteiger partial charge in [0.1, 0.15) is 0 Å². The summed E-state index contributed by atoms with van der Waals surface area (Å²) in [4.78, 5) is 25.6. The first-order valence-corrected chi connectivity index (χ1v) is 7.74. The second kappa shape index (κ2) is 9.00. The maximum atomic E-state index is 11.6. The average molecular weight is 299 g/mol. The largest absolute Gasteiger partial charge is 0.379 e. The van der Waals surface area contributed by atoms with Gasteiger partial charge in [-0.2, -0.15) is 0 Å². The maximum absolute atomic E-state index is 11.6. The van der Waals surface area contributed by atoms with Crippen molar-refractivity contribution in [3.8, 4) is 0 Å². The first-order valence-electron chi connectivity index (χ1n) is 7.74. The Hall–Kier alpha value is -1.14. The van der Waals surface area contributed by atoms with E-state index in [0.29, 0.717) is 19.5 Å². The van der Waals surface area contributed by atoms with E-state index in [1.807, 2.05) is 20.8 Å². The summed E-state index contributed by atoms with van der Waals surface area (Å²) in [7, 11) is 0. The Balaban J connectivity index is 2.00. The van der Waals surface area contributed by atoms with Gasteiger partial charge in [0.15, 0.2) is 0 Å². The third-order valence-corrected chi connectivity index (χ3v) is 3.40. The van der Waals surface area contributed by atoms with Gasteiger partial charge in [0.05, 0.1) is 13.2 Å². The fraction of sp³-hybridized carbons (Fsp3) is 0.867. The number of hydrogen-bond donors (Lipinski definition) is 2. The number of carbonyl (C=O) groups excluding carboxylic acids is 2. The maximum Gasteiger partial charge on any atom is 0.225 e. The first kappa shape index (κ1) is 17.9. The smallest absolute Gasteiger partial charge is 0.225 e.